The number of benzene rings is 3. The molecule has 0 fully saturated rings. The first-order valence-electron chi connectivity index (χ1n) is 13.1. The Hall–Kier alpha value is -4.92. The lowest BCUT2D eigenvalue weighted by Gasteiger charge is -2.12. The highest BCUT2D eigenvalue weighted by atomic mass is 19.1. The van der Waals surface area contributed by atoms with Gasteiger partial charge in [-0.1, -0.05) is 18.2 Å². The van der Waals surface area contributed by atoms with E-state index in [1.165, 1.54) is 12.4 Å². The number of oxazole rings is 1. The topological polar surface area (TPSA) is 87.2 Å². The lowest BCUT2D eigenvalue weighted by molar-refractivity contribution is 0.341. The molecule has 0 radical (unpaired) electrons. The number of rotatable bonds is 9. The van der Waals surface area contributed by atoms with Crippen molar-refractivity contribution in [3.63, 3.8) is 0 Å². The molecule has 0 saturated carbocycles. The van der Waals surface area contributed by atoms with E-state index in [4.69, 9.17) is 13.9 Å². The Labute approximate surface area is 230 Å². The summed E-state index contributed by atoms with van der Waals surface area (Å²) in [5.41, 5.74) is 5.38. The van der Waals surface area contributed by atoms with Gasteiger partial charge in [0.1, 0.15) is 35.0 Å². The van der Waals surface area contributed by atoms with E-state index in [0.717, 1.165) is 39.0 Å². The van der Waals surface area contributed by atoms with Crippen molar-refractivity contribution in [3.05, 3.63) is 84.6 Å². The van der Waals surface area contributed by atoms with Crippen molar-refractivity contribution in [1.82, 2.24) is 19.5 Å². The lowest BCUT2D eigenvalue weighted by Crippen LogP contribution is -2.13. The Bertz CT molecular complexity index is 1790. The van der Waals surface area contributed by atoms with Gasteiger partial charge < -0.3 is 23.8 Å². The highest BCUT2D eigenvalue weighted by Crippen LogP contribution is 2.35. The number of anilines is 1. The first-order chi connectivity index (χ1) is 19.6. The zero-order valence-electron chi connectivity index (χ0n) is 22.4. The summed E-state index contributed by atoms with van der Waals surface area (Å²) in [4.78, 5) is 13.5. The summed E-state index contributed by atoms with van der Waals surface area (Å²) in [6, 6.07) is 20.4. The molecular formula is C31H28FN5O3. The first-order valence-corrected chi connectivity index (χ1v) is 13.1. The number of aryl methyl sites for hydroxylation is 1. The molecule has 6 aromatic rings. The van der Waals surface area contributed by atoms with Gasteiger partial charge in [0.15, 0.2) is 5.58 Å². The number of aromatic nitrogens is 4. The van der Waals surface area contributed by atoms with Crippen LogP contribution in [0.1, 0.15) is 12.6 Å². The van der Waals surface area contributed by atoms with Gasteiger partial charge in [-0.2, -0.15) is 0 Å². The average molecular weight is 538 g/mol. The van der Waals surface area contributed by atoms with Crippen LogP contribution in [-0.2, 0) is 6.54 Å². The molecule has 0 aliphatic heterocycles. The standard InChI is InChI=1S/C31H28FN5O3/c1-4-39-28-16-20(9-10-21(28)31-36-24-7-5-6-8-27(24)40-31)25-17-29(35-18-34-25)33-13-14-37-19(2)15-22-26(38-3)12-11-23(32)30(22)37/h5-12,15-18H,4,13-14H2,1-3H3,(H,33,34,35). The molecule has 0 aliphatic carbocycles. The molecule has 8 nitrogen and oxygen atoms in total. The van der Waals surface area contributed by atoms with Gasteiger partial charge in [-0.15, -0.1) is 0 Å². The van der Waals surface area contributed by atoms with Crippen LogP contribution in [-0.4, -0.2) is 39.8 Å². The Kier molecular flexibility index (Phi) is 6.77. The zero-order valence-corrected chi connectivity index (χ0v) is 22.4. The van der Waals surface area contributed by atoms with Gasteiger partial charge in [0.05, 0.1) is 30.5 Å². The Morgan fingerprint density at radius 3 is 2.70 bits per heavy atom. The molecule has 40 heavy (non-hydrogen) atoms. The molecule has 0 unspecified atom stereocenters. The largest absolute Gasteiger partial charge is 0.496 e. The summed E-state index contributed by atoms with van der Waals surface area (Å²) in [6.45, 7) is 5.48. The third-order valence-electron chi connectivity index (χ3n) is 6.81. The third kappa shape index (κ3) is 4.70. The first kappa shape index (κ1) is 25.4. The number of hydrogen-bond acceptors (Lipinski definition) is 7. The lowest BCUT2D eigenvalue weighted by atomic mass is 10.1. The number of nitrogens with zero attached hydrogens (tertiary/aromatic N) is 4. The van der Waals surface area contributed by atoms with Crippen molar-refractivity contribution in [2.45, 2.75) is 20.4 Å². The van der Waals surface area contributed by atoms with Crippen LogP contribution in [0.3, 0.4) is 0 Å². The minimum absolute atomic E-state index is 0.278. The van der Waals surface area contributed by atoms with Gasteiger partial charge in [-0.25, -0.2) is 19.3 Å². The second kappa shape index (κ2) is 10.7. The maximum absolute atomic E-state index is 14.7. The molecule has 9 heteroatoms. The van der Waals surface area contributed by atoms with Gasteiger partial charge >= 0.3 is 0 Å². The summed E-state index contributed by atoms with van der Waals surface area (Å²) >= 11 is 0. The predicted octanol–water partition coefficient (Wildman–Crippen LogP) is 6.87. The summed E-state index contributed by atoms with van der Waals surface area (Å²) in [5.74, 6) is 2.20. The van der Waals surface area contributed by atoms with E-state index in [9.17, 15) is 4.39 Å². The number of fused-ring (bicyclic) bond motifs is 2. The molecule has 3 aromatic heterocycles. The van der Waals surface area contributed by atoms with Crippen LogP contribution >= 0.6 is 0 Å². The van der Waals surface area contributed by atoms with E-state index in [-0.39, 0.29) is 5.82 Å². The fourth-order valence-electron chi connectivity index (χ4n) is 4.93. The average Bonchev–Trinajstić information content (AvgIpc) is 3.55. The van der Waals surface area contributed by atoms with E-state index in [0.29, 0.717) is 48.4 Å². The predicted molar refractivity (Wildman–Crippen MR) is 153 cm³/mol. The van der Waals surface area contributed by atoms with E-state index in [1.807, 2.05) is 73.0 Å². The molecular weight excluding hydrogens is 509 g/mol. The SMILES string of the molecule is CCOc1cc(-c2cc(NCCn3c(C)cc4c(OC)ccc(F)c43)ncn2)ccc1-c1nc2ccccc2o1. The monoisotopic (exact) mass is 537 g/mol. The molecule has 202 valence electrons. The van der Waals surface area contributed by atoms with E-state index >= 15 is 0 Å². The van der Waals surface area contributed by atoms with E-state index in [2.05, 4.69) is 20.3 Å². The molecule has 3 heterocycles. The van der Waals surface area contributed by atoms with Crippen LogP contribution in [0.25, 0.3) is 44.7 Å². The number of hydrogen-bond donors (Lipinski definition) is 1. The van der Waals surface area contributed by atoms with E-state index in [1.54, 1.807) is 13.2 Å². The van der Waals surface area contributed by atoms with Crippen molar-refractivity contribution < 1.29 is 18.3 Å². The molecule has 0 atom stereocenters. The number of nitrogens with one attached hydrogen (secondary N) is 1. The van der Waals surface area contributed by atoms with Crippen LogP contribution in [0.15, 0.2) is 77.5 Å². The third-order valence-corrected chi connectivity index (χ3v) is 6.81. The summed E-state index contributed by atoms with van der Waals surface area (Å²) in [5, 5.41) is 4.10. The fourth-order valence-corrected chi connectivity index (χ4v) is 4.93. The molecule has 6 rings (SSSR count). The summed E-state index contributed by atoms with van der Waals surface area (Å²) in [6.07, 6.45) is 1.52. The molecule has 0 amide bonds. The minimum atomic E-state index is -0.278. The van der Waals surface area contributed by atoms with Gasteiger partial charge in [-0.3, -0.25) is 0 Å². The maximum atomic E-state index is 14.7. The smallest absolute Gasteiger partial charge is 0.231 e. The highest BCUT2D eigenvalue weighted by Gasteiger charge is 2.16. The number of methoxy groups -OCH3 is 1. The number of halogens is 1. The Balaban J connectivity index is 1.23. The molecule has 3 aromatic carbocycles. The van der Waals surface area contributed by atoms with E-state index < -0.39 is 0 Å². The zero-order chi connectivity index (χ0) is 27.6. The number of ether oxygens (including phenoxy) is 2. The van der Waals surface area contributed by atoms with Crippen molar-refractivity contribution in [2.24, 2.45) is 0 Å². The highest BCUT2D eigenvalue weighted by molar-refractivity contribution is 5.88. The molecule has 0 spiro atoms. The van der Waals surface area contributed by atoms with Gasteiger partial charge in [0.25, 0.3) is 0 Å². The van der Waals surface area contributed by atoms with Crippen molar-refractivity contribution in [3.8, 4) is 34.2 Å². The Morgan fingerprint density at radius 1 is 1.00 bits per heavy atom. The minimum Gasteiger partial charge on any atom is -0.496 e. The fraction of sp³-hybridized carbons (Fsp3) is 0.194. The maximum Gasteiger partial charge on any atom is 0.231 e. The second-order valence-corrected chi connectivity index (χ2v) is 9.30. The molecule has 0 bridgehead atoms. The summed E-state index contributed by atoms with van der Waals surface area (Å²) < 4.78 is 34.0. The second-order valence-electron chi connectivity index (χ2n) is 9.30. The summed E-state index contributed by atoms with van der Waals surface area (Å²) in [7, 11) is 1.59. The Morgan fingerprint density at radius 2 is 1.88 bits per heavy atom. The van der Waals surface area contributed by atoms with Crippen molar-refractivity contribution in [1.29, 1.82) is 0 Å². The van der Waals surface area contributed by atoms with Crippen molar-refractivity contribution in [2.75, 3.05) is 25.6 Å². The van der Waals surface area contributed by atoms with Gasteiger partial charge in [-0.05, 0) is 56.3 Å². The number of para-hydroxylation sites is 2. The van der Waals surface area contributed by atoms with Crippen LogP contribution in [0.4, 0.5) is 10.2 Å². The molecule has 0 saturated heterocycles. The van der Waals surface area contributed by atoms with Gasteiger partial charge in [0, 0.05) is 35.8 Å². The molecule has 0 aliphatic rings. The van der Waals surface area contributed by atoms with Crippen LogP contribution in [0, 0.1) is 12.7 Å². The van der Waals surface area contributed by atoms with Gasteiger partial charge in [0.2, 0.25) is 5.89 Å². The van der Waals surface area contributed by atoms with Crippen molar-refractivity contribution >= 4 is 27.8 Å². The quantitative estimate of drug-likeness (QED) is 0.215. The molecule has 1 N–H and O–H groups in total. The van der Waals surface area contributed by atoms with Crippen LogP contribution in [0.5, 0.6) is 11.5 Å². The van der Waals surface area contributed by atoms with Crippen LogP contribution in [0.2, 0.25) is 0 Å². The van der Waals surface area contributed by atoms with Crippen LogP contribution < -0.4 is 14.8 Å². The normalized spacial score (nSPS) is 11.3.